The van der Waals surface area contributed by atoms with Gasteiger partial charge in [-0.05, 0) is 37.7 Å². The Kier molecular flexibility index (Phi) is 11.6. The summed E-state index contributed by atoms with van der Waals surface area (Å²) in [5, 5.41) is 57.2. The maximum atomic E-state index is 14.7. The van der Waals surface area contributed by atoms with Gasteiger partial charge in [0.25, 0.3) is 0 Å². The van der Waals surface area contributed by atoms with Crippen LogP contribution in [0.3, 0.4) is 0 Å². The van der Waals surface area contributed by atoms with Gasteiger partial charge in [-0.3, -0.25) is 53.3 Å². The molecular formula is C44H56N6O13. The van der Waals surface area contributed by atoms with Crippen LogP contribution in [0.1, 0.15) is 111 Å². The molecule has 8 bridgehead atoms. The predicted octanol–water partition coefficient (Wildman–Crippen LogP) is 2.97. The Morgan fingerprint density at radius 1 is 0.778 bits per heavy atom. The summed E-state index contributed by atoms with van der Waals surface area (Å²) >= 11 is 0. The van der Waals surface area contributed by atoms with E-state index in [4.69, 9.17) is 20.7 Å². The van der Waals surface area contributed by atoms with Crippen LogP contribution < -0.4 is 16.4 Å². The highest BCUT2D eigenvalue weighted by atomic mass is 16.4. The molecule has 0 aromatic carbocycles. The molecule has 0 aromatic heterocycles. The summed E-state index contributed by atoms with van der Waals surface area (Å²) in [6.45, 7) is 7.19. The van der Waals surface area contributed by atoms with Crippen LogP contribution in [0.15, 0.2) is 38.0 Å². The molecule has 1 saturated carbocycles. The van der Waals surface area contributed by atoms with Crippen molar-refractivity contribution in [2.45, 2.75) is 129 Å². The number of fused-ring (bicyclic) bond motifs is 4. The average molecular weight is 877 g/mol. The van der Waals surface area contributed by atoms with Crippen LogP contribution in [0, 0.1) is 51.8 Å². The number of primary amides is 1. The molecule has 19 nitrogen and oxygen atoms in total. The Labute approximate surface area is 362 Å². The van der Waals surface area contributed by atoms with Gasteiger partial charge in [-0.15, -0.1) is 0 Å². The van der Waals surface area contributed by atoms with Gasteiger partial charge in [0.1, 0.15) is 5.66 Å². The molecule has 1 aliphatic carbocycles. The molecule has 1 spiro atoms. The van der Waals surface area contributed by atoms with Crippen LogP contribution in [0.4, 0.5) is 0 Å². The second-order valence-corrected chi connectivity index (χ2v) is 19.6. The van der Waals surface area contributed by atoms with Gasteiger partial charge >= 0.3 is 29.8 Å². The summed E-state index contributed by atoms with van der Waals surface area (Å²) in [5.41, 5.74) is 2.91. The number of allylic oxidation sites excluding steroid dienone is 4. The number of nitrogens with one attached hydrogen (secondary N) is 2. The first-order chi connectivity index (χ1) is 29.4. The molecule has 0 radical (unpaired) electrons. The summed E-state index contributed by atoms with van der Waals surface area (Å²) in [6, 6.07) is -1.60. The van der Waals surface area contributed by atoms with E-state index in [0.717, 1.165) is 0 Å². The van der Waals surface area contributed by atoms with Gasteiger partial charge in [0, 0.05) is 108 Å². The van der Waals surface area contributed by atoms with Crippen LogP contribution in [-0.4, -0.2) is 108 Å². The van der Waals surface area contributed by atoms with E-state index < -0.39 is 118 Å². The standard InChI is InChI=1S/C44H56N6O13/c1-19-15-42(3)24(12-36(61)62)26-14-29-41(2,17-30(45)51)22(6-9-33(55)56)28(46-29)16-44-43(4,18-31(52)50-44)23(7-10-34(57)58)27(49-44)13-25-21(11-35(59)60)20(5-8-32(53)54)38(47-25)37(39(19)63)40(42)48-26/h13,19-24,26,28,49H,5-12,14-18H2,1-4H3,(H2,45,51)(H,50,52)(H,53,54)(H,55,56)(H,57,58)(H,59,60)(H,61,62)/t19-,20-,21-,22+,23+,24+,26+,28-,41-,42-,43-,44-/m0/s1. The molecule has 2 saturated heterocycles. The Morgan fingerprint density at radius 2 is 1.41 bits per heavy atom. The van der Waals surface area contributed by atoms with Crippen LogP contribution in [-0.2, 0) is 38.4 Å². The van der Waals surface area contributed by atoms with Gasteiger partial charge in [-0.2, -0.15) is 0 Å². The van der Waals surface area contributed by atoms with Crippen molar-refractivity contribution in [2.24, 2.45) is 72.5 Å². The lowest BCUT2D eigenvalue weighted by molar-refractivity contribution is -0.139. The average Bonchev–Trinajstić information content (AvgIpc) is 3.82. The van der Waals surface area contributed by atoms with Crippen molar-refractivity contribution in [1.29, 1.82) is 0 Å². The van der Waals surface area contributed by atoms with E-state index in [2.05, 4.69) is 10.6 Å². The zero-order valence-corrected chi connectivity index (χ0v) is 35.8. The van der Waals surface area contributed by atoms with Gasteiger partial charge in [-0.1, -0.05) is 27.7 Å². The van der Waals surface area contributed by atoms with Crippen molar-refractivity contribution in [3.05, 3.63) is 23.0 Å². The smallest absolute Gasteiger partial charge is 0.304 e. The zero-order chi connectivity index (χ0) is 46.1. The predicted molar refractivity (Wildman–Crippen MR) is 222 cm³/mol. The number of aliphatic imine (C=N–C) groups is 3. The molecule has 6 aliphatic heterocycles. The van der Waals surface area contributed by atoms with E-state index in [1.54, 1.807) is 19.9 Å². The fraction of sp³-hybridized carbons (Fsp3) is 0.659. The fourth-order valence-electron chi connectivity index (χ4n) is 12.8. The van der Waals surface area contributed by atoms with E-state index in [1.807, 2.05) is 13.8 Å². The molecule has 6 heterocycles. The van der Waals surface area contributed by atoms with Crippen molar-refractivity contribution in [2.75, 3.05) is 0 Å². The number of Topliss-reactive ketones (excluding diaryl/α,β-unsaturated/α-hetero) is 1. The number of carboxylic acids is 5. The molecule has 19 heteroatoms. The highest BCUT2D eigenvalue weighted by molar-refractivity contribution is 6.28. The molecular weight excluding hydrogens is 821 g/mol. The molecule has 7 aliphatic rings. The van der Waals surface area contributed by atoms with Crippen LogP contribution in [0.2, 0.25) is 0 Å². The molecule has 63 heavy (non-hydrogen) atoms. The molecule has 9 N–H and O–H groups in total. The Morgan fingerprint density at radius 3 is 2.03 bits per heavy atom. The van der Waals surface area contributed by atoms with Gasteiger partial charge in [0.2, 0.25) is 11.8 Å². The SMILES string of the molecule is C[C@H]1C[C@]2(C)C3=N[C@H](CC4=N[C@@H](C[C@]56NC(=O)C[C@@]5(C)[C@H](CCC(=O)O)C(=CC5=NC(=C3C1=O)[C@@H](CCC(=O)O)[C@@H]5CC(=O)O)N6)[C@@H](CCC(=O)O)[C@]4(C)CC(N)=O)[C@H]2CC(=O)O. The van der Waals surface area contributed by atoms with Gasteiger partial charge in [0.15, 0.2) is 5.78 Å². The zero-order valence-electron chi connectivity index (χ0n) is 35.8. The van der Waals surface area contributed by atoms with E-state index in [1.165, 1.54) is 0 Å². The number of carbonyl (C=O) groups excluding carboxylic acids is 3. The lowest BCUT2D eigenvalue weighted by Gasteiger charge is -2.42. The molecule has 3 fully saturated rings. The minimum absolute atomic E-state index is 0.00111. The van der Waals surface area contributed by atoms with E-state index in [-0.39, 0.29) is 105 Å². The number of nitrogens with zero attached hydrogens (tertiary/aromatic N) is 3. The third-order valence-corrected chi connectivity index (χ3v) is 15.7. The summed E-state index contributed by atoms with van der Waals surface area (Å²) in [4.78, 5) is 119. The van der Waals surface area contributed by atoms with Crippen LogP contribution >= 0.6 is 0 Å². The lowest BCUT2D eigenvalue weighted by Crippen LogP contribution is -2.59. The number of carboxylic acid groups (broad SMARTS) is 5. The lowest BCUT2D eigenvalue weighted by atomic mass is 9.59. The number of ketones is 1. The monoisotopic (exact) mass is 876 g/mol. The second kappa shape index (κ2) is 16.1. The highest BCUT2D eigenvalue weighted by Gasteiger charge is 2.67. The minimum Gasteiger partial charge on any atom is -0.481 e. The minimum atomic E-state index is -1.35. The largest absolute Gasteiger partial charge is 0.481 e. The first-order valence-electron chi connectivity index (χ1n) is 21.6. The van der Waals surface area contributed by atoms with Crippen molar-refractivity contribution in [3.8, 4) is 0 Å². The summed E-state index contributed by atoms with van der Waals surface area (Å²) < 4.78 is 0. The number of carbonyl (C=O) groups is 8. The number of hydrogen-bond donors (Lipinski definition) is 8. The van der Waals surface area contributed by atoms with Crippen molar-refractivity contribution in [1.82, 2.24) is 10.6 Å². The Bertz CT molecular complexity index is 2250. The maximum absolute atomic E-state index is 14.7. The molecule has 340 valence electrons. The first kappa shape index (κ1) is 45.3. The maximum Gasteiger partial charge on any atom is 0.304 e. The van der Waals surface area contributed by atoms with Crippen molar-refractivity contribution >= 4 is 64.6 Å². The number of hydrogen-bond acceptors (Lipinski definition) is 12. The van der Waals surface area contributed by atoms with E-state index in [9.17, 15) is 63.9 Å². The van der Waals surface area contributed by atoms with Crippen LogP contribution in [0.5, 0.6) is 0 Å². The van der Waals surface area contributed by atoms with E-state index >= 15 is 0 Å². The summed E-state index contributed by atoms with van der Waals surface area (Å²) in [6.07, 6.45) is -0.334. The summed E-state index contributed by atoms with van der Waals surface area (Å²) in [7, 11) is 0. The van der Waals surface area contributed by atoms with Gasteiger partial charge in [-0.25, -0.2) is 0 Å². The fourth-order valence-corrected chi connectivity index (χ4v) is 12.8. The normalized spacial score (nSPS) is 37.6. The topological polar surface area (TPSA) is 325 Å². The molecule has 0 unspecified atom stereocenters. The molecule has 2 amide bonds. The molecule has 7 rings (SSSR count). The molecule has 12 atom stereocenters. The first-order valence-corrected chi connectivity index (χ1v) is 21.6. The number of nitrogens with two attached hydrogens (primary N) is 1. The third-order valence-electron chi connectivity index (χ3n) is 15.7. The number of aliphatic carboxylic acids is 5. The Hall–Kier alpha value is -5.75. The van der Waals surface area contributed by atoms with Crippen molar-refractivity contribution < 1.29 is 63.9 Å². The summed E-state index contributed by atoms with van der Waals surface area (Å²) in [5.74, 6) is -11.7. The van der Waals surface area contributed by atoms with Crippen LogP contribution in [0.25, 0.3) is 0 Å². The number of amides is 2. The molecule has 0 aromatic rings. The van der Waals surface area contributed by atoms with Gasteiger partial charge in [0.05, 0.1) is 41.9 Å². The van der Waals surface area contributed by atoms with Crippen molar-refractivity contribution in [3.63, 3.8) is 0 Å². The second-order valence-electron chi connectivity index (χ2n) is 19.6. The Balaban J connectivity index is 1.55. The highest BCUT2D eigenvalue weighted by Crippen LogP contribution is 2.60. The quantitative estimate of drug-likeness (QED) is 0.117. The van der Waals surface area contributed by atoms with Gasteiger partial charge < -0.3 is 41.9 Å². The van der Waals surface area contributed by atoms with E-state index in [0.29, 0.717) is 11.4 Å². The third kappa shape index (κ3) is 7.74. The number of rotatable bonds is 15.